The maximum absolute atomic E-state index is 14.8. The number of carbonyl (C=O) groups is 5. The lowest BCUT2D eigenvalue weighted by Gasteiger charge is -2.42. The minimum atomic E-state index is -0.897. The number of hydrogen-bond donors (Lipinski definition) is 3. The van der Waals surface area contributed by atoms with Crippen molar-refractivity contribution in [2.75, 3.05) is 94.8 Å². The smallest absolute Gasteiger partial charge is 0.328 e. The first kappa shape index (κ1) is 58.9. The molecule has 18 nitrogen and oxygen atoms in total. The van der Waals surface area contributed by atoms with Crippen LogP contribution in [0, 0.1) is 23.2 Å². The van der Waals surface area contributed by atoms with E-state index in [4.69, 9.17) is 34.3 Å². The van der Waals surface area contributed by atoms with Crippen LogP contribution in [0.4, 0.5) is 0 Å². The number of nitrogens with zero attached hydrogens (tertiary/aromatic N) is 3. The lowest BCUT2D eigenvalue weighted by Crippen LogP contribution is -2.62. The highest BCUT2D eigenvalue weighted by Gasteiger charge is 2.45. The quantitative estimate of drug-likeness (QED) is 0.0538. The number of likely N-dealkylation sites (tertiary alicyclic amines) is 1. The second-order valence-corrected chi connectivity index (χ2v) is 19.5. The number of nitrogens with two attached hydrogens (primary N) is 1. The molecule has 1 aliphatic heterocycles. The predicted octanol–water partition coefficient (Wildman–Crippen LogP) is 3.30. The largest absolute Gasteiger partial charge is 0.467 e. The van der Waals surface area contributed by atoms with E-state index in [1.54, 1.807) is 30.9 Å². The maximum Gasteiger partial charge on any atom is 0.328 e. The number of methoxy groups -OCH3 is 3. The molecule has 0 aliphatic carbocycles. The van der Waals surface area contributed by atoms with Crippen LogP contribution in [0.25, 0.3) is 0 Å². The Kier molecular flexibility index (Phi) is 27.0. The molecule has 4 N–H and O–H groups in total. The summed E-state index contributed by atoms with van der Waals surface area (Å²) in [4.78, 5) is 79.5. The van der Waals surface area contributed by atoms with Gasteiger partial charge < -0.3 is 53.7 Å². The molecule has 1 fully saturated rings. The molecule has 9 atom stereocenters. The first-order chi connectivity index (χ1) is 31.3. The summed E-state index contributed by atoms with van der Waals surface area (Å²) in [5.74, 6) is 2.44. The highest BCUT2D eigenvalue weighted by Crippen LogP contribution is 2.31. The van der Waals surface area contributed by atoms with Gasteiger partial charge in [0.15, 0.2) is 0 Å². The molecule has 0 spiro atoms. The zero-order valence-corrected chi connectivity index (χ0v) is 42.9. The van der Waals surface area contributed by atoms with E-state index in [-0.39, 0.29) is 48.3 Å². The van der Waals surface area contributed by atoms with E-state index in [9.17, 15) is 24.0 Å². The molecule has 66 heavy (non-hydrogen) atoms. The Hall–Kier alpha value is -3.27. The van der Waals surface area contributed by atoms with Crippen LogP contribution >= 0.6 is 11.3 Å². The van der Waals surface area contributed by atoms with Gasteiger partial charge in [-0.3, -0.25) is 24.1 Å². The van der Waals surface area contributed by atoms with Gasteiger partial charge in [-0.1, -0.05) is 61.8 Å². The summed E-state index contributed by atoms with van der Waals surface area (Å²) in [6, 6.07) is -1.37. The van der Waals surface area contributed by atoms with Crippen LogP contribution in [0.5, 0.6) is 0 Å². The standard InChI is InChI=1S/C47H84N6O12S/c1-14-32(4)40(52(10)45(57)42(47(6,7)8)50-44(56)39(31(2)3)51(9)19-20-62-21-22-63-23-24-64-25-26-65-48)37(59-11)29-38(54)53-18-15-16-36(53)41(60-12)33(5)43(55)49-35(46(58)61-13)28-34-17-27-66-30-34/h17,27,30-33,35-37,39-42H,14-16,18-26,28-29,48H2,1-13H3,(H,49,55)(H,50,56)/t32-,33+,35-,36-,37+,39-,40-,41+,42+/m0/s1. The minimum absolute atomic E-state index is 0.0257. The van der Waals surface area contributed by atoms with Crippen LogP contribution < -0.4 is 16.5 Å². The van der Waals surface area contributed by atoms with Crippen molar-refractivity contribution in [3.63, 3.8) is 0 Å². The Morgan fingerprint density at radius 3 is 2.03 bits per heavy atom. The number of rotatable bonds is 32. The molecule has 0 bridgehead atoms. The number of likely N-dealkylation sites (N-methyl/N-ethyl adjacent to an activating group) is 2. The summed E-state index contributed by atoms with van der Waals surface area (Å²) in [5, 5.41) is 9.82. The second-order valence-electron chi connectivity index (χ2n) is 18.7. The molecule has 0 saturated carbocycles. The third-order valence-electron chi connectivity index (χ3n) is 12.5. The van der Waals surface area contributed by atoms with Gasteiger partial charge in [-0.05, 0) is 59.5 Å². The zero-order valence-electron chi connectivity index (χ0n) is 42.1. The van der Waals surface area contributed by atoms with Crippen molar-refractivity contribution >= 4 is 40.9 Å². The summed E-state index contributed by atoms with van der Waals surface area (Å²) < 4.78 is 33.7. The Morgan fingerprint density at radius 2 is 1.52 bits per heavy atom. The van der Waals surface area contributed by atoms with Crippen LogP contribution in [0.15, 0.2) is 16.8 Å². The first-order valence-corrected chi connectivity index (χ1v) is 24.3. The SMILES string of the molecule is CC[C@H](C)[C@@H]([C@@H](CC(=O)N1CCC[C@H]1[C@H](OC)[C@@H](C)C(=O)N[C@@H](Cc1ccsc1)C(=O)OC)OC)N(C)C(=O)[C@@H](NC(=O)[C@H](C(C)C)N(C)CCOCCOCCOCCON)C(C)(C)C. The van der Waals surface area contributed by atoms with E-state index < -0.39 is 59.7 Å². The van der Waals surface area contributed by atoms with Gasteiger partial charge in [0.25, 0.3) is 0 Å². The van der Waals surface area contributed by atoms with Gasteiger partial charge in [0.05, 0.1) is 96.0 Å². The van der Waals surface area contributed by atoms with Crippen LogP contribution in [-0.4, -0.2) is 181 Å². The Bertz CT molecular complexity index is 1580. The fraction of sp³-hybridized carbons (Fsp3) is 0.809. The Balaban J connectivity index is 2.19. The highest BCUT2D eigenvalue weighted by molar-refractivity contribution is 7.07. The lowest BCUT2D eigenvalue weighted by atomic mass is 9.83. The molecule has 1 aromatic rings. The van der Waals surface area contributed by atoms with Gasteiger partial charge in [-0.25, -0.2) is 10.7 Å². The van der Waals surface area contributed by atoms with E-state index in [1.807, 2.05) is 77.2 Å². The highest BCUT2D eigenvalue weighted by atomic mass is 32.1. The van der Waals surface area contributed by atoms with Crippen molar-refractivity contribution in [1.29, 1.82) is 0 Å². The van der Waals surface area contributed by atoms with Crippen molar-refractivity contribution in [3.8, 4) is 0 Å². The molecule has 2 heterocycles. The van der Waals surface area contributed by atoms with Gasteiger partial charge in [0, 0.05) is 40.8 Å². The van der Waals surface area contributed by atoms with Crippen molar-refractivity contribution in [1.82, 2.24) is 25.3 Å². The number of amides is 4. The molecular weight excluding hydrogens is 873 g/mol. The molecule has 1 saturated heterocycles. The van der Waals surface area contributed by atoms with E-state index in [1.165, 1.54) is 25.6 Å². The van der Waals surface area contributed by atoms with Crippen molar-refractivity contribution < 1.29 is 57.2 Å². The molecule has 2 rings (SSSR count). The number of esters is 1. The second kappa shape index (κ2) is 30.3. The number of nitrogens with one attached hydrogen (secondary N) is 2. The number of ether oxygens (including phenoxy) is 6. The molecule has 1 aliphatic rings. The van der Waals surface area contributed by atoms with Crippen molar-refractivity contribution in [3.05, 3.63) is 22.4 Å². The summed E-state index contributed by atoms with van der Waals surface area (Å²) in [6.45, 7) is 19.2. The summed E-state index contributed by atoms with van der Waals surface area (Å²) in [6.07, 6.45) is 0.927. The fourth-order valence-electron chi connectivity index (χ4n) is 8.68. The van der Waals surface area contributed by atoms with Gasteiger partial charge in [0.1, 0.15) is 12.1 Å². The third-order valence-corrected chi connectivity index (χ3v) is 13.3. The maximum atomic E-state index is 14.8. The van der Waals surface area contributed by atoms with Gasteiger partial charge in [0.2, 0.25) is 23.6 Å². The topological polar surface area (TPSA) is 210 Å². The molecule has 0 aromatic carbocycles. The van der Waals surface area contributed by atoms with E-state index in [2.05, 4.69) is 15.5 Å². The van der Waals surface area contributed by atoms with E-state index in [0.717, 1.165) is 5.56 Å². The molecule has 19 heteroatoms. The van der Waals surface area contributed by atoms with Gasteiger partial charge in [-0.2, -0.15) is 11.3 Å². The van der Waals surface area contributed by atoms with Gasteiger partial charge in [-0.15, -0.1) is 0 Å². The number of carbonyl (C=O) groups excluding carboxylic acids is 5. The zero-order chi connectivity index (χ0) is 49.6. The van der Waals surface area contributed by atoms with Crippen LogP contribution in [0.3, 0.4) is 0 Å². The Labute approximate surface area is 398 Å². The Morgan fingerprint density at radius 1 is 0.894 bits per heavy atom. The number of thiophene rings is 1. The predicted molar refractivity (Wildman–Crippen MR) is 253 cm³/mol. The lowest BCUT2D eigenvalue weighted by molar-refractivity contribution is -0.149. The molecule has 0 unspecified atom stereocenters. The summed E-state index contributed by atoms with van der Waals surface area (Å²) in [7, 11) is 7.95. The number of hydrogen-bond acceptors (Lipinski definition) is 15. The fourth-order valence-corrected chi connectivity index (χ4v) is 9.36. The van der Waals surface area contributed by atoms with Crippen LogP contribution in [0.2, 0.25) is 0 Å². The van der Waals surface area contributed by atoms with E-state index >= 15 is 0 Å². The van der Waals surface area contributed by atoms with Gasteiger partial charge >= 0.3 is 5.97 Å². The van der Waals surface area contributed by atoms with E-state index in [0.29, 0.717) is 78.6 Å². The first-order valence-electron chi connectivity index (χ1n) is 23.4. The molecular formula is C47H84N6O12S. The molecule has 4 amide bonds. The average molecular weight is 957 g/mol. The monoisotopic (exact) mass is 957 g/mol. The third kappa shape index (κ3) is 18.3. The molecule has 1 aromatic heterocycles. The molecule has 0 radical (unpaired) electrons. The van der Waals surface area contributed by atoms with Crippen molar-refractivity contribution in [2.24, 2.45) is 29.1 Å². The van der Waals surface area contributed by atoms with Crippen molar-refractivity contribution in [2.45, 2.75) is 130 Å². The molecule has 380 valence electrons. The summed E-state index contributed by atoms with van der Waals surface area (Å²) >= 11 is 1.50. The summed E-state index contributed by atoms with van der Waals surface area (Å²) in [5.41, 5.74) is 0.232. The van der Waals surface area contributed by atoms with Crippen LogP contribution in [0.1, 0.15) is 86.6 Å². The average Bonchev–Trinajstić information content (AvgIpc) is 3.99. The van der Waals surface area contributed by atoms with Crippen LogP contribution in [-0.2, 0) is 63.7 Å². The minimum Gasteiger partial charge on any atom is -0.467 e. The normalized spacial score (nSPS) is 18.0.